The van der Waals surface area contributed by atoms with E-state index in [0.29, 0.717) is 34.0 Å². The zero-order chi connectivity index (χ0) is 22.6. The predicted octanol–water partition coefficient (Wildman–Crippen LogP) is 3.31. The van der Waals surface area contributed by atoms with E-state index in [-0.39, 0.29) is 24.8 Å². The van der Waals surface area contributed by atoms with E-state index in [1.807, 2.05) is 6.07 Å². The molecule has 1 aromatic heterocycles. The van der Waals surface area contributed by atoms with Gasteiger partial charge in [0, 0.05) is 36.7 Å². The number of imidazole rings is 1. The number of nitrogens with one attached hydrogen (secondary N) is 1. The first-order valence-corrected chi connectivity index (χ1v) is 10.5. The van der Waals surface area contributed by atoms with Crippen LogP contribution < -0.4 is 5.32 Å². The first-order valence-electron chi connectivity index (χ1n) is 10.1. The number of hydrogen-bond donors (Lipinski definition) is 1. The van der Waals surface area contributed by atoms with Crippen molar-refractivity contribution in [3.05, 3.63) is 64.7 Å². The molecule has 7 nitrogen and oxygen atoms in total. The van der Waals surface area contributed by atoms with Crippen LogP contribution in [0.3, 0.4) is 0 Å². The molecule has 1 saturated heterocycles. The molecule has 0 bridgehead atoms. The van der Waals surface area contributed by atoms with E-state index in [1.54, 1.807) is 30.1 Å². The highest BCUT2D eigenvalue weighted by Crippen LogP contribution is 2.37. The van der Waals surface area contributed by atoms with Gasteiger partial charge in [-0.2, -0.15) is 0 Å². The number of benzene rings is 2. The monoisotopic (exact) mass is 452 g/mol. The van der Waals surface area contributed by atoms with Crippen molar-refractivity contribution in [2.24, 2.45) is 7.05 Å². The quantitative estimate of drug-likeness (QED) is 0.618. The van der Waals surface area contributed by atoms with Gasteiger partial charge in [-0.1, -0.05) is 17.7 Å². The summed E-state index contributed by atoms with van der Waals surface area (Å²) in [6.45, 7) is 0.261. The third-order valence-corrected chi connectivity index (χ3v) is 6.25. The Bertz CT molecular complexity index is 1300. The van der Waals surface area contributed by atoms with E-state index in [0.717, 1.165) is 11.1 Å². The van der Waals surface area contributed by atoms with Crippen molar-refractivity contribution in [3.63, 3.8) is 0 Å². The lowest BCUT2D eigenvalue weighted by atomic mass is 10.0. The first kappa shape index (κ1) is 20.4. The maximum atomic E-state index is 13.9. The van der Waals surface area contributed by atoms with E-state index in [2.05, 4.69) is 10.3 Å². The normalized spacial score (nSPS) is 18.2. The lowest BCUT2D eigenvalue weighted by Crippen LogP contribution is -2.52. The van der Waals surface area contributed by atoms with Crippen LogP contribution in [-0.2, 0) is 23.2 Å². The number of carbonyl (C=O) groups excluding carboxylic acids is 3. The fraction of sp³-hybridized carbons (Fsp3) is 0.217. The molecule has 3 amide bonds. The first-order chi connectivity index (χ1) is 15.3. The molecule has 1 N–H and O–H groups in total. The van der Waals surface area contributed by atoms with Crippen molar-refractivity contribution in [2.75, 3.05) is 0 Å². The summed E-state index contributed by atoms with van der Waals surface area (Å²) in [5.41, 5.74) is 3.80. The Labute approximate surface area is 187 Å². The number of aromatic nitrogens is 2. The maximum absolute atomic E-state index is 13.9. The number of hydrogen-bond acceptors (Lipinski definition) is 4. The molecule has 1 fully saturated rings. The largest absolute Gasteiger partial charge is 0.333 e. The van der Waals surface area contributed by atoms with Crippen LogP contribution in [0, 0.1) is 5.82 Å². The molecule has 2 aliphatic heterocycles. The Balaban J connectivity index is 1.52. The average Bonchev–Trinajstić information content (AvgIpc) is 3.29. The SMILES string of the molecule is Cn1cnc(-c2ccc3c(c2)CN(C2CCC(=O)NC2=O)C3=O)c1-c1cc(F)ccc1Cl. The molecule has 3 heterocycles. The van der Waals surface area contributed by atoms with Crippen LogP contribution in [0.2, 0.25) is 5.02 Å². The molecule has 0 saturated carbocycles. The van der Waals surface area contributed by atoms with Crippen molar-refractivity contribution in [3.8, 4) is 22.5 Å². The van der Waals surface area contributed by atoms with Gasteiger partial charge >= 0.3 is 0 Å². The number of fused-ring (bicyclic) bond motifs is 1. The summed E-state index contributed by atoms with van der Waals surface area (Å²) in [6, 6.07) is 8.85. The summed E-state index contributed by atoms with van der Waals surface area (Å²) in [5, 5.41) is 2.70. The van der Waals surface area contributed by atoms with Crippen molar-refractivity contribution >= 4 is 29.3 Å². The van der Waals surface area contributed by atoms with Crippen LogP contribution in [0.25, 0.3) is 22.5 Å². The summed E-state index contributed by atoms with van der Waals surface area (Å²) in [4.78, 5) is 42.6. The number of imide groups is 1. The minimum atomic E-state index is -0.674. The van der Waals surface area contributed by atoms with Gasteiger partial charge in [-0.25, -0.2) is 9.37 Å². The molecule has 0 aliphatic carbocycles. The molecule has 0 spiro atoms. The third-order valence-electron chi connectivity index (χ3n) is 5.92. The van der Waals surface area contributed by atoms with Crippen LogP contribution in [0.5, 0.6) is 0 Å². The molecule has 2 aliphatic rings. The number of amides is 3. The van der Waals surface area contributed by atoms with Gasteiger partial charge in [-0.05, 0) is 42.3 Å². The molecule has 162 valence electrons. The molecule has 9 heteroatoms. The summed E-state index contributed by atoms with van der Waals surface area (Å²) >= 11 is 6.34. The second-order valence-electron chi connectivity index (χ2n) is 7.95. The van der Waals surface area contributed by atoms with Gasteiger partial charge in [0.1, 0.15) is 11.9 Å². The minimum Gasteiger partial charge on any atom is -0.333 e. The zero-order valence-electron chi connectivity index (χ0n) is 17.1. The molecule has 5 rings (SSSR count). The van der Waals surface area contributed by atoms with Crippen LogP contribution in [-0.4, -0.2) is 38.2 Å². The summed E-state index contributed by atoms with van der Waals surface area (Å²) < 4.78 is 15.7. The summed E-state index contributed by atoms with van der Waals surface area (Å²) in [7, 11) is 1.80. The molecule has 2 aromatic carbocycles. The molecule has 1 unspecified atom stereocenters. The van der Waals surface area contributed by atoms with Crippen LogP contribution in [0.4, 0.5) is 4.39 Å². The summed E-state index contributed by atoms with van der Waals surface area (Å²) in [5.74, 6) is -1.42. The maximum Gasteiger partial charge on any atom is 0.255 e. The minimum absolute atomic E-state index is 0.202. The van der Waals surface area contributed by atoms with Gasteiger partial charge in [-0.3, -0.25) is 19.7 Å². The third kappa shape index (κ3) is 3.27. The average molecular weight is 453 g/mol. The Morgan fingerprint density at radius 3 is 2.72 bits per heavy atom. The van der Waals surface area contributed by atoms with Gasteiger partial charge in [0.15, 0.2) is 0 Å². The number of rotatable bonds is 3. The highest BCUT2D eigenvalue weighted by Gasteiger charge is 2.39. The number of aryl methyl sites for hydroxylation is 1. The molecule has 1 atom stereocenters. The number of piperidine rings is 1. The van der Waals surface area contributed by atoms with Crippen LogP contribution in [0.1, 0.15) is 28.8 Å². The fourth-order valence-electron chi connectivity index (χ4n) is 4.36. The van der Waals surface area contributed by atoms with Crippen molar-refractivity contribution in [1.29, 1.82) is 0 Å². The zero-order valence-corrected chi connectivity index (χ0v) is 17.8. The van der Waals surface area contributed by atoms with E-state index >= 15 is 0 Å². The van der Waals surface area contributed by atoms with Crippen LogP contribution in [0.15, 0.2) is 42.7 Å². The van der Waals surface area contributed by atoms with Gasteiger partial charge in [0.05, 0.1) is 22.7 Å². The smallest absolute Gasteiger partial charge is 0.255 e. The van der Waals surface area contributed by atoms with Gasteiger partial charge < -0.3 is 9.47 Å². The molecule has 3 aromatic rings. The van der Waals surface area contributed by atoms with Crippen molar-refractivity contribution in [2.45, 2.75) is 25.4 Å². The van der Waals surface area contributed by atoms with E-state index in [9.17, 15) is 18.8 Å². The Morgan fingerprint density at radius 2 is 1.94 bits per heavy atom. The lowest BCUT2D eigenvalue weighted by Gasteiger charge is -2.29. The predicted molar refractivity (Wildman–Crippen MR) is 115 cm³/mol. The Kier molecular flexibility index (Phi) is 4.82. The Hall–Kier alpha value is -3.52. The number of carbonyl (C=O) groups is 3. The van der Waals surface area contributed by atoms with Crippen molar-refractivity contribution in [1.82, 2.24) is 19.8 Å². The molecule has 32 heavy (non-hydrogen) atoms. The second kappa shape index (κ2) is 7.56. The number of nitrogens with zero attached hydrogens (tertiary/aromatic N) is 3. The summed E-state index contributed by atoms with van der Waals surface area (Å²) in [6.07, 6.45) is 2.13. The second-order valence-corrected chi connectivity index (χ2v) is 8.36. The lowest BCUT2D eigenvalue weighted by molar-refractivity contribution is -0.136. The Morgan fingerprint density at radius 1 is 1.12 bits per heavy atom. The topological polar surface area (TPSA) is 84.3 Å². The molecular formula is C23H18ClFN4O3. The molecule has 0 radical (unpaired) electrons. The standard InChI is InChI=1S/C23H18ClFN4O3/c1-28-11-26-20(21(28)16-9-14(25)3-5-17(16)24)12-2-4-15-13(8-12)10-29(23(15)32)18-6-7-19(30)27-22(18)31/h2-5,8-9,11,18H,6-7,10H2,1H3,(H,27,30,31). The molecular weight excluding hydrogens is 435 g/mol. The van der Waals surface area contributed by atoms with E-state index in [1.165, 1.54) is 23.1 Å². The number of halogens is 2. The highest BCUT2D eigenvalue weighted by molar-refractivity contribution is 6.33. The van der Waals surface area contributed by atoms with E-state index < -0.39 is 17.8 Å². The van der Waals surface area contributed by atoms with Crippen LogP contribution >= 0.6 is 11.6 Å². The fourth-order valence-corrected chi connectivity index (χ4v) is 4.57. The van der Waals surface area contributed by atoms with Gasteiger partial charge in [0.2, 0.25) is 11.8 Å². The van der Waals surface area contributed by atoms with E-state index in [4.69, 9.17) is 11.6 Å². The van der Waals surface area contributed by atoms with Gasteiger partial charge in [-0.15, -0.1) is 0 Å². The highest BCUT2D eigenvalue weighted by atomic mass is 35.5. The van der Waals surface area contributed by atoms with Gasteiger partial charge in [0.25, 0.3) is 5.91 Å². The van der Waals surface area contributed by atoms with Crippen molar-refractivity contribution < 1.29 is 18.8 Å².